The summed E-state index contributed by atoms with van der Waals surface area (Å²) in [5.74, 6) is 0. The molecule has 2 heterocycles. The molecule has 0 radical (unpaired) electrons. The van der Waals surface area contributed by atoms with Crippen LogP contribution >= 0.6 is 15.9 Å². The van der Waals surface area contributed by atoms with Gasteiger partial charge in [-0.1, -0.05) is 0 Å². The molecule has 0 spiro atoms. The summed E-state index contributed by atoms with van der Waals surface area (Å²) in [5, 5.41) is 0. The number of halogens is 1. The maximum Gasteiger partial charge on any atom is 0.106 e. The number of hydrogen-bond donors (Lipinski definition) is 0. The highest BCUT2D eigenvalue weighted by Crippen LogP contribution is 2.14. The van der Waals surface area contributed by atoms with Crippen molar-refractivity contribution < 1.29 is 4.74 Å². The normalized spacial score (nSPS) is 22.9. The Balaban J connectivity index is 2.01. The Morgan fingerprint density at radius 3 is 3.27 bits per heavy atom. The van der Waals surface area contributed by atoms with E-state index in [-0.39, 0.29) is 0 Å². The van der Waals surface area contributed by atoms with Gasteiger partial charge in [-0.05, 0) is 40.5 Å². The molecule has 4 heteroatoms. The van der Waals surface area contributed by atoms with E-state index in [4.69, 9.17) is 4.74 Å². The van der Waals surface area contributed by atoms with E-state index in [1.165, 1.54) is 5.56 Å². The van der Waals surface area contributed by atoms with E-state index >= 15 is 0 Å². The lowest BCUT2D eigenvalue weighted by Gasteiger charge is -2.33. The lowest BCUT2D eigenvalue weighted by Crippen LogP contribution is -2.42. The molecule has 0 aliphatic carbocycles. The van der Waals surface area contributed by atoms with Crippen LogP contribution in [0.4, 0.5) is 0 Å². The fourth-order valence-electron chi connectivity index (χ4n) is 1.77. The molecule has 1 aliphatic rings. The standard InChI is InChI=1S/C11H15BrN2O/c1-9-8-15-5-4-14(9)7-10-2-3-13-11(12)6-10/h2-3,6,9H,4-5,7-8H2,1H3. The molecule has 1 aromatic rings. The second-order valence-corrected chi connectivity index (χ2v) is 4.69. The highest BCUT2D eigenvalue weighted by molar-refractivity contribution is 9.10. The summed E-state index contributed by atoms with van der Waals surface area (Å²) in [6.45, 7) is 5.88. The third-order valence-electron chi connectivity index (χ3n) is 2.68. The lowest BCUT2D eigenvalue weighted by molar-refractivity contribution is -0.00438. The lowest BCUT2D eigenvalue weighted by atomic mass is 10.2. The predicted octanol–water partition coefficient (Wildman–Crippen LogP) is 2.06. The molecular formula is C11H15BrN2O. The summed E-state index contributed by atoms with van der Waals surface area (Å²) in [7, 11) is 0. The van der Waals surface area contributed by atoms with Gasteiger partial charge in [-0.2, -0.15) is 0 Å². The van der Waals surface area contributed by atoms with Crippen molar-refractivity contribution >= 4 is 15.9 Å². The number of morpholine rings is 1. The first-order valence-corrected chi connectivity index (χ1v) is 5.97. The molecule has 1 aromatic heterocycles. The first-order valence-electron chi connectivity index (χ1n) is 5.18. The van der Waals surface area contributed by atoms with Gasteiger partial charge in [0.15, 0.2) is 0 Å². The summed E-state index contributed by atoms with van der Waals surface area (Å²) in [6.07, 6.45) is 1.84. The zero-order valence-corrected chi connectivity index (χ0v) is 10.4. The zero-order valence-electron chi connectivity index (χ0n) is 8.82. The van der Waals surface area contributed by atoms with Crippen LogP contribution in [0.1, 0.15) is 12.5 Å². The smallest absolute Gasteiger partial charge is 0.106 e. The van der Waals surface area contributed by atoms with E-state index in [1.807, 2.05) is 6.20 Å². The van der Waals surface area contributed by atoms with Crippen LogP contribution in [0.5, 0.6) is 0 Å². The van der Waals surface area contributed by atoms with Crippen LogP contribution in [0, 0.1) is 0 Å². The molecule has 1 fully saturated rings. The van der Waals surface area contributed by atoms with Crippen molar-refractivity contribution in [2.75, 3.05) is 19.8 Å². The van der Waals surface area contributed by atoms with Crippen molar-refractivity contribution in [1.82, 2.24) is 9.88 Å². The maximum atomic E-state index is 5.41. The topological polar surface area (TPSA) is 25.4 Å². The van der Waals surface area contributed by atoms with Gasteiger partial charge in [-0.3, -0.25) is 4.90 Å². The SMILES string of the molecule is CC1COCCN1Cc1ccnc(Br)c1. The number of rotatable bonds is 2. The highest BCUT2D eigenvalue weighted by atomic mass is 79.9. The van der Waals surface area contributed by atoms with Crippen molar-refractivity contribution in [2.45, 2.75) is 19.5 Å². The zero-order chi connectivity index (χ0) is 10.7. The minimum atomic E-state index is 0.505. The molecule has 1 unspecified atom stereocenters. The predicted molar refractivity (Wildman–Crippen MR) is 62.6 cm³/mol. The molecule has 2 rings (SSSR count). The Hall–Kier alpha value is -0.450. The Morgan fingerprint density at radius 2 is 2.53 bits per heavy atom. The number of aromatic nitrogens is 1. The molecule has 0 amide bonds. The summed E-state index contributed by atoms with van der Waals surface area (Å²) in [4.78, 5) is 6.56. The minimum Gasteiger partial charge on any atom is -0.379 e. The van der Waals surface area contributed by atoms with Crippen LogP contribution in [0.2, 0.25) is 0 Å². The van der Waals surface area contributed by atoms with Crippen LogP contribution in [0.15, 0.2) is 22.9 Å². The minimum absolute atomic E-state index is 0.505. The summed E-state index contributed by atoms with van der Waals surface area (Å²) in [5.41, 5.74) is 1.30. The van der Waals surface area contributed by atoms with Crippen LogP contribution in [0.3, 0.4) is 0 Å². The van der Waals surface area contributed by atoms with E-state index in [9.17, 15) is 0 Å². The van der Waals surface area contributed by atoms with Crippen molar-refractivity contribution in [3.8, 4) is 0 Å². The van der Waals surface area contributed by atoms with Gasteiger partial charge in [0, 0.05) is 25.3 Å². The third kappa shape index (κ3) is 3.00. The van der Waals surface area contributed by atoms with E-state index in [0.29, 0.717) is 6.04 Å². The first kappa shape index (κ1) is 11.0. The Kier molecular flexibility index (Phi) is 3.72. The summed E-state index contributed by atoms with van der Waals surface area (Å²) in [6, 6.07) is 4.64. The maximum absolute atomic E-state index is 5.41. The van der Waals surface area contributed by atoms with Gasteiger partial charge in [-0.15, -0.1) is 0 Å². The molecule has 0 saturated carbocycles. The number of ether oxygens (including phenoxy) is 1. The van der Waals surface area contributed by atoms with Gasteiger partial charge in [0.2, 0.25) is 0 Å². The summed E-state index contributed by atoms with van der Waals surface area (Å²) < 4.78 is 6.31. The quantitative estimate of drug-likeness (QED) is 0.770. The molecule has 82 valence electrons. The molecule has 0 bridgehead atoms. The molecule has 15 heavy (non-hydrogen) atoms. The van der Waals surface area contributed by atoms with Crippen LogP contribution < -0.4 is 0 Å². The van der Waals surface area contributed by atoms with Crippen molar-refractivity contribution in [1.29, 1.82) is 0 Å². The van der Waals surface area contributed by atoms with Gasteiger partial charge < -0.3 is 4.74 Å². The van der Waals surface area contributed by atoms with Crippen LogP contribution in [-0.2, 0) is 11.3 Å². The second-order valence-electron chi connectivity index (χ2n) is 3.88. The summed E-state index contributed by atoms with van der Waals surface area (Å²) >= 11 is 3.39. The Labute approximate surface area is 98.6 Å². The highest BCUT2D eigenvalue weighted by Gasteiger charge is 2.18. The van der Waals surface area contributed by atoms with Gasteiger partial charge in [0.1, 0.15) is 4.60 Å². The molecule has 1 aliphatic heterocycles. The average molecular weight is 271 g/mol. The monoisotopic (exact) mass is 270 g/mol. The van der Waals surface area contributed by atoms with E-state index in [1.54, 1.807) is 0 Å². The first-order chi connectivity index (χ1) is 7.25. The average Bonchev–Trinajstić information content (AvgIpc) is 2.22. The molecule has 1 atom stereocenters. The molecule has 0 N–H and O–H groups in total. The van der Waals surface area contributed by atoms with Crippen molar-refractivity contribution in [2.24, 2.45) is 0 Å². The second kappa shape index (κ2) is 5.05. The van der Waals surface area contributed by atoms with Crippen molar-refractivity contribution in [3.63, 3.8) is 0 Å². The van der Waals surface area contributed by atoms with Gasteiger partial charge in [-0.25, -0.2) is 4.98 Å². The van der Waals surface area contributed by atoms with Crippen molar-refractivity contribution in [3.05, 3.63) is 28.5 Å². The molecule has 3 nitrogen and oxygen atoms in total. The number of hydrogen-bond acceptors (Lipinski definition) is 3. The van der Waals surface area contributed by atoms with E-state index in [2.05, 4.69) is 44.9 Å². The van der Waals surface area contributed by atoms with Crippen LogP contribution in [0.25, 0.3) is 0 Å². The number of nitrogens with zero attached hydrogens (tertiary/aromatic N) is 2. The fourth-order valence-corrected chi connectivity index (χ4v) is 2.18. The molecule has 0 aromatic carbocycles. The van der Waals surface area contributed by atoms with E-state index < -0.39 is 0 Å². The molecule has 1 saturated heterocycles. The van der Waals surface area contributed by atoms with Gasteiger partial charge >= 0.3 is 0 Å². The largest absolute Gasteiger partial charge is 0.379 e. The van der Waals surface area contributed by atoms with E-state index in [0.717, 1.165) is 30.9 Å². The molecular weight excluding hydrogens is 256 g/mol. The Morgan fingerprint density at radius 1 is 1.67 bits per heavy atom. The number of pyridine rings is 1. The fraction of sp³-hybridized carbons (Fsp3) is 0.545. The third-order valence-corrected chi connectivity index (χ3v) is 3.12. The van der Waals surface area contributed by atoms with Crippen LogP contribution in [-0.4, -0.2) is 35.7 Å². The Bertz CT molecular complexity index is 332. The van der Waals surface area contributed by atoms with Gasteiger partial charge in [0.05, 0.1) is 13.2 Å². The van der Waals surface area contributed by atoms with Gasteiger partial charge in [0.25, 0.3) is 0 Å².